The third-order valence-electron chi connectivity index (χ3n) is 2.38. The molecule has 0 aliphatic heterocycles. The van der Waals surface area contributed by atoms with Gasteiger partial charge in [0.25, 0.3) is 5.91 Å². The Kier molecular flexibility index (Phi) is 3.76. The van der Waals surface area contributed by atoms with Crippen LogP contribution in [0.3, 0.4) is 0 Å². The van der Waals surface area contributed by atoms with Crippen LogP contribution in [0.1, 0.15) is 9.67 Å². The number of nitro groups is 1. The molecule has 0 saturated carbocycles. The van der Waals surface area contributed by atoms with Crippen molar-refractivity contribution in [2.24, 2.45) is 0 Å². The molecule has 7 heteroatoms. The number of nitrogens with one attached hydrogen (secondary N) is 1. The lowest BCUT2D eigenvalue weighted by atomic mass is 10.2. The predicted molar refractivity (Wildman–Crippen MR) is 71.9 cm³/mol. The smallest absolute Gasteiger partial charge is 0.312 e. The first kappa shape index (κ1) is 13.0. The number of amides is 1. The van der Waals surface area contributed by atoms with Gasteiger partial charge >= 0.3 is 5.69 Å². The number of carbonyl (C=O) groups excluding carboxylic acids is 1. The summed E-state index contributed by atoms with van der Waals surface area (Å²) in [4.78, 5) is 22.7. The third-order valence-corrected chi connectivity index (χ3v) is 3.25. The Morgan fingerprint density at radius 2 is 2.21 bits per heavy atom. The third kappa shape index (κ3) is 2.89. The van der Waals surface area contributed by atoms with Crippen molar-refractivity contribution in [1.29, 1.82) is 0 Å². The number of hydrogen-bond donors (Lipinski definition) is 1. The topological polar surface area (TPSA) is 81.5 Å². The molecule has 2 rings (SSSR count). The number of nitro benzene ring substituents is 1. The molecule has 1 heterocycles. The summed E-state index contributed by atoms with van der Waals surface area (Å²) in [6.45, 7) is 0. The van der Waals surface area contributed by atoms with Gasteiger partial charge in [-0.05, 0) is 23.6 Å². The summed E-state index contributed by atoms with van der Waals surface area (Å²) in [6, 6.07) is 7.71. The highest BCUT2D eigenvalue weighted by Crippen LogP contribution is 2.29. The summed E-state index contributed by atoms with van der Waals surface area (Å²) in [6.07, 6.45) is 0. The molecule has 0 aliphatic rings. The van der Waals surface area contributed by atoms with Crippen LogP contribution in [-0.2, 0) is 0 Å². The molecule has 98 valence electrons. The molecule has 0 spiro atoms. The Hall–Kier alpha value is -2.41. The quantitative estimate of drug-likeness (QED) is 0.688. The van der Waals surface area contributed by atoms with Crippen LogP contribution in [0, 0.1) is 10.1 Å². The maximum absolute atomic E-state index is 11.8. The minimum Gasteiger partial charge on any atom is -0.490 e. The van der Waals surface area contributed by atoms with Crippen molar-refractivity contribution in [3.8, 4) is 5.75 Å². The lowest BCUT2D eigenvalue weighted by Gasteiger charge is -2.06. The van der Waals surface area contributed by atoms with E-state index in [2.05, 4.69) is 5.32 Å². The van der Waals surface area contributed by atoms with E-state index in [1.807, 2.05) is 0 Å². The number of thiophene rings is 1. The van der Waals surface area contributed by atoms with Gasteiger partial charge in [0.15, 0.2) is 5.75 Å². The fraction of sp³-hybridized carbons (Fsp3) is 0.0833. The molecule has 2 aromatic rings. The SMILES string of the molecule is COc1ccc(NC(=O)c2cccs2)cc1[N+](=O)[O-]. The van der Waals surface area contributed by atoms with E-state index in [0.29, 0.717) is 10.6 Å². The molecule has 0 saturated heterocycles. The standard InChI is InChI=1S/C12H10N2O4S/c1-18-10-5-4-8(7-9(10)14(16)17)13-12(15)11-3-2-6-19-11/h2-7H,1H3,(H,13,15). The van der Waals surface area contributed by atoms with Gasteiger partial charge in [0.2, 0.25) is 0 Å². The maximum atomic E-state index is 11.8. The molecule has 0 fully saturated rings. The van der Waals surface area contributed by atoms with Crippen molar-refractivity contribution in [2.45, 2.75) is 0 Å². The second kappa shape index (κ2) is 5.49. The van der Waals surface area contributed by atoms with Gasteiger partial charge in [0, 0.05) is 11.8 Å². The van der Waals surface area contributed by atoms with Gasteiger partial charge in [0.05, 0.1) is 16.9 Å². The molecule has 0 atom stereocenters. The van der Waals surface area contributed by atoms with Gasteiger partial charge in [0.1, 0.15) is 0 Å². The lowest BCUT2D eigenvalue weighted by Crippen LogP contribution is -2.10. The minimum atomic E-state index is -0.556. The number of carbonyl (C=O) groups is 1. The first-order chi connectivity index (χ1) is 9.11. The Balaban J connectivity index is 2.24. The molecule has 6 nitrogen and oxygen atoms in total. The van der Waals surface area contributed by atoms with Crippen LogP contribution in [0.25, 0.3) is 0 Å². The highest BCUT2D eigenvalue weighted by molar-refractivity contribution is 7.12. The van der Waals surface area contributed by atoms with Gasteiger partial charge in [-0.15, -0.1) is 11.3 Å². The largest absolute Gasteiger partial charge is 0.490 e. The van der Waals surface area contributed by atoms with Crippen molar-refractivity contribution >= 4 is 28.6 Å². The van der Waals surface area contributed by atoms with Gasteiger partial charge in [-0.1, -0.05) is 6.07 Å². The number of ether oxygens (including phenoxy) is 1. The van der Waals surface area contributed by atoms with Crippen LogP contribution in [-0.4, -0.2) is 17.9 Å². The van der Waals surface area contributed by atoms with Gasteiger partial charge in [-0.3, -0.25) is 14.9 Å². The molecular weight excluding hydrogens is 268 g/mol. The van der Waals surface area contributed by atoms with Crippen LogP contribution in [0.4, 0.5) is 11.4 Å². The molecule has 1 N–H and O–H groups in total. The van der Waals surface area contributed by atoms with Gasteiger partial charge in [-0.25, -0.2) is 0 Å². The number of benzene rings is 1. The van der Waals surface area contributed by atoms with Gasteiger partial charge in [-0.2, -0.15) is 0 Å². The number of methoxy groups -OCH3 is 1. The van der Waals surface area contributed by atoms with E-state index in [4.69, 9.17) is 4.74 Å². The highest BCUT2D eigenvalue weighted by atomic mass is 32.1. The first-order valence-electron chi connectivity index (χ1n) is 5.29. The van der Waals surface area contributed by atoms with Gasteiger partial charge < -0.3 is 10.1 Å². The molecule has 1 aromatic carbocycles. The van der Waals surface area contributed by atoms with Crippen molar-refractivity contribution in [1.82, 2.24) is 0 Å². The van der Waals surface area contributed by atoms with E-state index in [1.165, 1.54) is 30.6 Å². The van der Waals surface area contributed by atoms with Crippen LogP contribution in [0.15, 0.2) is 35.7 Å². The van der Waals surface area contributed by atoms with Crippen molar-refractivity contribution in [3.05, 3.63) is 50.7 Å². The summed E-state index contributed by atoms with van der Waals surface area (Å²) in [5.41, 5.74) is 0.164. The molecule has 1 aromatic heterocycles. The van der Waals surface area contributed by atoms with E-state index in [-0.39, 0.29) is 17.3 Å². The van der Waals surface area contributed by atoms with Crippen molar-refractivity contribution in [2.75, 3.05) is 12.4 Å². The molecule has 0 radical (unpaired) electrons. The number of anilines is 1. The molecular formula is C12H10N2O4S. The zero-order valence-electron chi connectivity index (χ0n) is 9.95. The molecule has 1 amide bonds. The Labute approximate surface area is 112 Å². The normalized spacial score (nSPS) is 9.95. The fourth-order valence-corrected chi connectivity index (χ4v) is 2.13. The van der Waals surface area contributed by atoms with E-state index in [1.54, 1.807) is 23.6 Å². The summed E-state index contributed by atoms with van der Waals surface area (Å²) >= 11 is 1.30. The summed E-state index contributed by atoms with van der Waals surface area (Å²) in [5, 5.41) is 15.2. The Bertz CT molecular complexity index is 610. The van der Waals surface area contributed by atoms with E-state index in [9.17, 15) is 14.9 Å². The molecule has 0 bridgehead atoms. The lowest BCUT2D eigenvalue weighted by molar-refractivity contribution is -0.385. The number of nitrogens with zero attached hydrogens (tertiary/aromatic N) is 1. The van der Waals surface area contributed by atoms with E-state index >= 15 is 0 Å². The van der Waals surface area contributed by atoms with Crippen molar-refractivity contribution < 1.29 is 14.5 Å². The number of hydrogen-bond acceptors (Lipinski definition) is 5. The maximum Gasteiger partial charge on any atom is 0.312 e. The average molecular weight is 278 g/mol. The molecule has 0 aliphatic carbocycles. The average Bonchev–Trinajstić information content (AvgIpc) is 2.92. The second-order valence-corrected chi connectivity index (χ2v) is 4.52. The summed E-state index contributed by atoms with van der Waals surface area (Å²) in [5.74, 6) is -0.145. The zero-order valence-corrected chi connectivity index (χ0v) is 10.8. The van der Waals surface area contributed by atoms with Crippen LogP contribution >= 0.6 is 11.3 Å². The number of rotatable bonds is 4. The highest BCUT2D eigenvalue weighted by Gasteiger charge is 2.16. The monoisotopic (exact) mass is 278 g/mol. The second-order valence-electron chi connectivity index (χ2n) is 3.58. The van der Waals surface area contributed by atoms with E-state index in [0.717, 1.165) is 0 Å². The predicted octanol–water partition coefficient (Wildman–Crippen LogP) is 2.92. The van der Waals surface area contributed by atoms with Crippen LogP contribution in [0.2, 0.25) is 0 Å². The Morgan fingerprint density at radius 1 is 1.42 bits per heavy atom. The minimum absolute atomic E-state index is 0.152. The van der Waals surface area contributed by atoms with Crippen molar-refractivity contribution in [3.63, 3.8) is 0 Å². The Morgan fingerprint density at radius 3 is 2.79 bits per heavy atom. The molecule has 0 unspecified atom stereocenters. The van der Waals surface area contributed by atoms with Crippen LogP contribution in [0.5, 0.6) is 5.75 Å². The zero-order chi connectivity index (χ0) is 13.8. The van der Waals surface area contributed by atoms with E-state index < -0.39 is 4.92 Å². The fourth-order valence-electron chi connectivity index (χ4n) is 1.51. The summed E-state index contributed by atoms with van der Waals surface area (Å²) < 4.78 is 4.89. The first-order valence-corrected chi connectivity index (χ1v) is 6.17. The van der Waals surface area contributed by atoms with Crippen LogP contribution < -0.4 is 10.1 Å². The molecule has 19 heavy (non-hydrogen) atoms. The summed E-state index contributed by atoms with van der Waals surface area (Å²) in [7, 11) is 1.35.